The van der Waals surface area contributed by atoms with E-state index < -0.39 is 0 Å². The molecule has 20 heavy (non-hydrogen) atoms. The zero-order valence-corrected chi connectivity index (χ0v) is 14.5. The fraction of sp³-hybridized carbons (Fsp3) is 1.00. The molecule has 2 heteroatoms. The Morgan fingerprint density at radius 3 is 2.35 bits per heavy atom. The van der Waals surface area contributed by atoms with E-state index in [1.165, 1.54) is 58.3 Å². The van der Waals surface area contributed by atoms with Gasteiger partial charge >= 0.3 is 0 Å². The van der Waals surface area contributed by atoms with Crippen LogP contribution in [0.4, 0.5) is 0 Å². The fourth-order valence-corrected chi connectivity index (χ4v) is 4.12. The number of nitrogens with zero attached hydrogens (tertiary/aromatic N) is 1. The third-order valence-electron chi connectivity index (χ3n) is 5.36. The summed E-state index contributed by atoms with van der Waals surface area (Å²) in [5.74, 6) is 0.881. The van der Waals surface area contributed by atoms with Gasteiger partial charge < -0.3 is 10.2 Å². The van der Waals surface area contributed by atoms with Crippen molar-refractivity contribution in [3.05, 3.63) is 0 Å². The first kappa shape index (κ1) is 16.3. The van der Waals surface area contributed by atoms with Gasteiger partial charge in [-0.3, -0.25) is 0 Å². The van der Waals surface area contributed by atoms with Crippen molar-refractivity contribution in [1.82, 2.24) is 10.2 Å². The molecule has 0 saturated carbocycles. The van der Waals surface area contributed by atoms with Crippen LogP contribution >= 0.6 is 0 Å². The van der Waals surface area contributed by atoms with Crippen LogP contribution in [-0.2, 0) is 0 Å². The van der Waals surface area contributed by atoms with Crippen molar-refractivity contribution < 1.29 is 0 Å². The van der Waals surface area contributed by atoms with E-state index in [-0.39, 0.29) is 0 Å². The highest BCUT2D eigenvalue weighted by atomic mass is 15.2. The zero-order chi connectivity index (χ0) is 14.8. The average Bonchev–Trinajstić information content (AvgIpc) is 2.77. The molecule has 0 amide bonds. The van der Waals surface area contributed by atoms with Crippen LogP contribution in [0.15, 0.2) is 0 Å². The van der Waals surface area contributed by atoms with Crippen LogP contribution in [0.25, 0.3) is 0 Å². The van der Waals surface area contributed by atoms with E-state index in [0.29, 0.717) is 10.8 Å². The monoisotopic (exact) mass is 280 g/mol. The molecule has 2 unspecified atom stereocenters. The van der Waals surface area contributed by atoms with Gasteiger partial charge in [0, 0.05) is 19.1 Å². The second-order valence-corrected chi connectivity index (χ2v) is 9.10. The lowest BCUT2D eigenvalue weighted by Crippen LogP contribution is -2.41. The maximum Gasteiger partial charge on any atom is 0.00726 e. The SMILES string of the molecule is CC(C)(CC1CCCCN1)CN1CCC(C(C)(C)C)C1. The number of nitrogens with one attached hydrogen (secondary N) is 1. The second kappa shape index (κ2) is 6.36. The molecule has 0 bridgehead atoms. The van der Waals surface area contributed by atoms with Crippen LogP contribution in [0.1, 0.15) is 66.7 Å². The molecule has 2 rings (SSSR count). The summed E-state index contributed by atoms with van der Waals surface area (Å²) in [5.41, 5.74) is 0.922. The Balaban J connectivity index is 1.79. The summed E-state index contributed by atoms with van der Waals surface area (Å²) >= 11 is 0. The predicted molar refractivity (Wildman–Crippen MR) is 88.0 cm³/mol. The van der Waals surface area contributed by atoms with Crippen molar-refractivity contribution in [1.29, 1.82) is 0 Å². The molecule has 2 fully saturated rings. The highest BCUT2D eigenvalue weighted by Crippen LogP contribution is 2.35. The van der Waals surface area contributed by atoms with E-state index in [1.807, 2.05) is 0 Å². The third kappa shape index (κ3) is 4.73. The maximum absolute atomic E-state index is 3.71. The van der Waals surface area contributed by atoms with Crippen molar-refractivity contribution in [2.24, 2.45) is 16.7 Å². The van der Waals surface area contributed by atoms with Crippen LogP contribution in [0, 0.1) is 16.7 Å². The van der Waals surface area contributed by atoms with E-state index in [2.05, 4.69) is 44.8 Å². The number of hydrogen-bond donors (Lipinski definition) is 1. The molecular formula is C18H36N2. The highest BCUT2D eigenvalue weighted by molar-refractivity contribution is 4.88. The number of likely N-dealkylation sites (tertiary alicyclic amines) is 1. The summed E-state index contributed by atoms with van der Waals surface area (Å²) in [6.45, 7) is 17.3. The molecule has 0 aliphatic carbocycles. The van der Waals surface area contributed by atoms with Crippen LogP contribution in [-0.4, -0.2) is 37.1 Å². The molecule has 0 aromatic rings. The van der Waals surface area contributed by atoms with Crippen LogP contribution < -0.4 is 5.32 Å². The lowest BCUT2D eigenvalue weighted by Gasteiger charge is -2.36. The van der Waals surface area contributed by atoms with Gasteiger partial charge in [-0.25, -0.2) is 0 Å². The molecule has 2 nitrogen and oxygen atoms in total. The largest absolute Gasteiger partial charge is 0.314 e. The smallest absolute Gasteiger partial charge is 0.00726 e. The quantitative estimate of drug-likeness (QED) is 0.840. The molecule has 2 saturated heterocycles. The number of hydrogen-bond acceptors (Lipinski definition) is 2. The Hall–Kier alpha value is -0.0800. The van der Waals surface area contributed by atoms with Gasteiger partial charge in [0.25, 0.3) is 0 Å². The fourth-order valence-electron chi connectivity index (χ4n) is 4.12. The normalized spacial score (nSPS) is 29.9. The highest BCUT2D eigenvalue weighted by Gasteiger charge is 2.34. The summed E-state index contributed by atoms with van der Waals surface area (Å²) in [7, 11) is 0. The van der Waals surface area contributed by atoms with Crippen molar-refractivity contribution in [2.75, 3.05) is 26.2 Å². The van der Waals surface area contributed by atoms with Gasteiger partial charge in [-0.05, 0) is 55.5 Å². The molecular weight excluding hydrogens is 244 g/mol. The lowest BCUT2D eigenvalue weighted by atomic mass is 9.80. The molecule has 2 heterocycles. The van der Waals surface area contributed by atoms with Crippen LogP contribution in [0.3, 0.4) is 0 Å². The molecule has 0 aromatic carbocycles. The van der Waals surface area contributed by atoms with E-state index in [1.54, 1.807) is 0 Å². The van der Waals surface area contributed by atoms with Gasteiger partial charge in [-0.2, -0.15) is 0 Å². The second-order valence-electron chi connectivity index (χ2n) is 9.10. The first-order valence-electron chi connectivity index (χ1n) is 8.72. The molecule has 2 aliphatic heterocycles. The summed E-state index contributed by atoms with van der Waals surface area (Å²) in [6.07, 6.45) is 6.90. The standard InChI is InChI=1S/C18H36N2/c1-17(2,3)15-9-11-20(13-15)14-18(4,5)12-16-8-6-7-10-19-16/h15-16,19H,6-14H2,1-5H3. The summed E-state index contributed by atoms with van der Waals surface area (Å²) in [4.78, 5) is 2.72. The molecule has 2 aliphatic rings. The van der Waals surface area contributed by atoms with Gasteiger partial charge in [-0.15, -0.1) is 0 Å². The van der Waals surface area contributed by atoms with Gasteiger partial charge in [0.05, 0.1) is 0 Å². The Bertz CT molecular complexity index is 297. The summed E-state index contributed by atoms with van der Waals surface area (Å²) in [5, 5.41) is 3.71. The predicted octanol–water partition coefficient (Wildman–Crippen LogP) is 3.91. The number of rotatable bonds is 4. The topological polar surface area (TPSA) is 15.3 Å². The van der Waals surface area contributed by atoms with Crippen molar-refractivity contribution in [3.8, 4) is 0 Å². The van der Waals surface area contributed by atoms with E-state index in [0.717, 1.165) is 12.0 Å². The molecule has 1 N–H and O–H groups in total. The van der Waals surface area contributed by atoms with Crippen molar-refractivity contribution >= 4 is 0 Å². The number of piperidine rings is 1. The van der Waals surface area contributed by atoms with Crippen LogP contribution in [0.2, 0.25) is 0 Å². The molecule has 118 valence electrons. The Morgan fingerprint density at radius 1 is 1.05 bits per heavy atom. The average molecular weight is 280 g/mol. The van der Waals surface area contributed by atoms with Gasteiger partial charge in [-0.1, -0.05) is 41.0 Å². The van der Waals surface area contributed by atoms with Gasteiger partial charge in [0.2, 0.25) is 0 Å². The van der Waals surface area contributed by atoms with Crippen molar-refractivity contribution in [3.63, 3.8) is 0 Å². The Morgan fingerprint density at radius 2 is 1.80 bits per heavy atom. The van der Waals surface area contributed by atoms with E-state index >= 15 is 0 Å². The first-order chi connectivity index (χ1) is 9.26. The zero-order valence-electron chi connectivity index (χ0n) is 14.5. The molecule has 0 aromatic heterocycles. The Labute approximate surface area is 126 Å². The first-order valence-corrected chi connectivity index (χ1v) is 8.72. The van der Waals surface area contributed by atoms with Gasteiger partial charge in [0.15, 0.2) is 0 Å². The molecule has 2 atom stereocenters. The minimum atomic E-state index is 0.446. The molecule has 0 spiro atoms. The van der Waals surface area contributed by atoms with Crippen molar-refractivity contribution in [2.45, 2.75) is 72.8 Å². The van der Waals surface area contributed by atoms with E-state index in [4.69, 9.17) is 0 Å². The van der Waals surface area contributed by atoms with Crippen LogP contribution in [0.5, 0.6) is 0 Å². The summed E-state index contributed by atoms with van der Waals surface area (Å²) in [6, 6.07) is 0.764. The summed E-state index contributed by atoms with van der Waals surface area (Å²) < 4.78 is 0. The minimum Gasteiger partial charge on any atom is -0.314 e. The Kier molecular flexibility index (Phi) is 5.18. The van der Waals surface area contributed by atoms with Gasteiger partial charge in [0.1, 0.15) is 0 Å². The molecule has 0 radical (unpaired) electrons. The lowest BCUT2D eigenvalue weighted by molar-refractivity contribution is 0.155. The minimum absolute atomic E-state index is 0.446. The third-order valence-corrected chi connectivity index (χ3v) is 5.36. The van der Waals surface area contributed by atoms with E-state index in [9.17, 15) is 0 Å². The maximum atomic E-state index is 3.71.